The van der Waals surface area contributed by atoms with Crippen LogP contribution in [-0.2, 0) is 19.7 Å². The molecule has 3 N–H and O–H groups in total. The van der Waals surface area contributed by atoms with Gasteiger partial charge in [-0.05, 0) is 6.42 Å². The van der Waals surface area contributed by atoms with E-state index in [1.165, 1.54) is 0 Å². The van der Waals surface area contributed by atoms with Crippen LogP contribution in [0.4, 0.5) is 4.79 Å². The zero-order valence-corrected chi connectivity index (χ0v) is 9.46. The second-order valence-electron chi connectivity index (χ2n) is 3.25. The topological polar surface area (TPSA) is 114 Å². The highest BCUT2D eigenvalue weighted by Crippen LogP contribution is 2.03. The third kappa shape index (κ3) is 4.03. The lowest BCUT2D eigenvalue weighted by Crippen LogP contribution is -2.51. The third-order valence-corrected chi connectivity index (χ3v) is 3.07. The molecule has 92 valence electrons. The number of ether oxygens (including phenoxy) is 1. The van der Waals surface area contributed by atoms with E-state index in [9.17, 15) is 18.0 Å². The van der Waals surface area contributed by atoms with Gasteiger partial charge in [-0.1, -0.05) is 0 Å². The minimum atomic E-state index is -3.94. The van der Waals surface area contributed by atoms with Crippen LogP contribution >= 0.6 is 0 Å². The van der Waals surface area contributed by atoms with Crippen molar-refractivity contribution in [2.75, 3.05) is 13.7 Å². The lowest BCUT2D eigenvalue weighted by Gasteiger charge is -2.22. The van der Waals surface area contributed by atoms with E-state index < -0.39 is 22.3 Å². The molecule has 0 bridgehead atoms. The molecule has 0 saturated carbocycles. The molecule has 1 aliphatic rings. The standard InChI is InChI=1S/C7H13N3O5S/c1-15-7(12)10-16(13,14)9-5-2-3-6(11)8-4-5/h5,9H,2-4H2,1H3,(H,8,11)(H,10,12). The Morgan fingerprint density at radius 3 is 2.75 bits per heavy atom. The first-order valence-corrected chi connectivity index (χ1v) is 6.06. The number of amides is 2. The summed E-state index contributed by atoms with van der Waals surface area (Å²) in [4.78, 5) is 21.5. The molecule has 8 nitrogen and oxygen atoms in total. The number of nitrogens with one attached hydrogen (secondary N) is 3. The van der Waals surface area contributed by atoms with Gasteiger partial charge in [-0.25, -0.2) is 9.52 Å². The number of hydrogen-bond donors (Lipinski definition) is 3. The molecule has 1 aliphatic heterocycles. The van der Waals surface area contributed by atoms with Gasteiger partial charge in [0, 0.05) is 19.0 Å². The lowest BCUT2D eigenvalue weighted by atomic mass is 10.1. The largest absolute Gasteiger partial charge is 0.452 e. The van der Waals surface area contributed by atoms with Crippen LogP contribution in [-0.4, -0.2) is 40.1 Å². The van der Waals surface area contributed by atoms with Gasteiger partial charge in [0.25, 0.3) is 0 Å². The summed E-state index contributed by atoms with van der Waals surface area (Å²) in [6.07, 6.45) is -0.411. The quantitative estimate of drug-likeness (QED) is 0.562. The summed E-state index contributed by atoms with van der Waals surface area (Å²) in [7, 11) is -2.87. The van der Waals surface area contributed by atoms with Crippen molar-refractivity contribution in [3.63, 3.8) is 0 Å². The maximum Gasteiger partial charge on any atom is 0.421 e. The Morgan fingerprint density at radius 2 is 2.25 bits per heavy atom. The van der Waals surface area contributed by atoms with E-state index in [1.807, 2.05) is 0 Å². The van der Waals surface area contributed by atoms with Crippen molar-refractivity contribution in [2.24, 2.45) is 0 Å². The summed E-state index contributed by atoms with van der Waals surface area (Å²) < 4.78 is 30.7. The van der Waals surface area contributed by atoms with Crippen molar-refractivity contribution in [3.05, 3.63) is 0 Å². The van der Waals surface area contributed by atoms with Crippen molar-refractivity contribution < 1.29 is 22.7 Å². The predicted octanol–water partition coefficient (Wildman–Crippen LogP) is -1.54. The number of rotatable bonds is 3. The highest BCUT2D eigenvalue weighted by atomic mass is 32.2. The van der Waals surface area contributed by atoms with Gasteiger partial charge in [0.2, 0.25) is 5.91 Å². The second kappa shape index (κ2) is 5.12. The molecule has 0 aliphatic carbocycles. The van der Waals surface area contributed by atoms with Crippen molar-refractivity contribution >= 4 is 22.2 Å². The minimum absolute atomic E-state index is 0.114. The fourth-order valence-corrected chi connectivity index (χ4v) is 2.24. The molecule has 1 heterocycles. The molecule has 1 fully saturated rings. The molecule has 1 atom stereocenters. The van der Waals surface area contributed by atoms with E-state index in [0.717, 1.165) is 7.11 Å². The number of carbonyl (C=O) groups excluding carboxylic acids is 2. The van der Waals surface area contributed by atoms with Crippen LogP contribution in [0.1, 0.15) is 12.8 Å². The maximum atomic E-state index is 11.3. The van der Waals surface area contributed by atoms with Crippen molar-refractivity contribution in [3.8, 4) is 0 Å². The van der Waals surface area contributed by atoms with Crippen molar-refractivity contribution in [1.29, 1.82) is 0 Å². The Balaban J connectivity index is 2.46. The monoisotopic (exact) mass is 251 g/mol. The maximum absolute atomic E-state index is 11.3. The van der Waals surface area contributed by atoms with Crippen LogP contribution in [0.3, 0.4) is 0 Å². The number of piperidine rings is 1. The van der Waals surface area contributed by atoms with Gasteiger partial charge in [-0.15, -0.1) is 0 Å². The summed E-state index contributed by atoms with van der Waals surface area (Å²) in [5.74, 6) is -0.114. The molecule has 1 rings (SSSR count). The minimum Gasteiger partial charge on any atom is -0.452 e. The van der Waals surface area contributed by atoms with Gasteiger partial charge in [-0.2, -0.15) is 13.1 Å². The zero-order chi connectivity index (χ0) is 12.2. The molecule has 1 saturated heterocycles. The van der Waals surface area contributed by atoms with Crippen molar-refractivity contribution in [1.82, 2.24) is 14.8 Å². The third-order valence-electron chi connectivity index (χ3n) is 1.99. The SMILES string of the molecule is COC(=O)NS(=O)(=O)NC1CCC(=O)NC1. The summed E-state index contributed by atoms with van der Waals surface area (Å²) in [6, 6.07) is -0.417. The fraction of sp³-hybridized carbons (Fsp3) is 0.714. The Kier molecular flexibility index (Phi) is 4.07. The highest BCUT2D eigenvalue weighted by molar-refractivity contribution is 7.88. The Morgan fingerprint density at radius 1 is 1.56 bits per heavy atom. The smallest absolute Gasteiger partial charge is 0.421 e. The van der Waals surface area contributed by atoms with Crippen LogP contribution in [0.5, 0.6) is 0 Å². The van der Waals surface area contributed by atoms with Crippen LogP contribution in [0.2, 0.25) is 0 Å². The number of hydrogen-bond acceptors (Lipinski definition) is 5. The van der Waals surface area contributed by atoms with Crippen LogP contribution in [0, 0.1) is 0 Å². The molecule has 9 heteroatoms. The molecule has 0 spiro atoms. The first-order valence-electron chi connectivity index (χ1n) is 4.57. The second-order valence-corrected chi connectivity index (χ2v) is 4.70. The Labute approximate surface area is 92.9 Å². The summed E-state index contributed by atoms with van der Waals surface area (Å²) >= 11 is 0. The molecule has 2 amide bonds. The van der Waals surface area contributed by atoms with E-state index >= 15 is 0 Å². The van der Waals surface area contributed by atoms with Gasteiger partial charge in [0.1, 0.15) is 0 Å². The Hall–Kier alpha value is -1.35. The van der Waals surface area contributed by atoms with Crippen LogP contribution in [0.25, 0.3) is 0 Å². The number of carbonyl (C=O) groups is 2. The van der Waals surface area contributed by atoms with Gasteiger partial charge < -0.3 is 10.1 Å². The first-order chi connectivity index (χ1) is 7.43. The van der Waals surface area contributed by atoms with Gasteiger partial charge in [0.05, 0.1) is 7.11 Å². The summed E-state index contributed by atoms with van der Waals surface area (Å²) in [5.41, 5.74) is 0. The molecule has 0 aromatic rings. The summed E-state index contributed by atoms with van der Waals surface area (Å²) in [6.45, 7) is 0.209. The van der Waals surface area contributed by atoms with E-state index in [-0.39, 0.29) is 18.9 Å². The highest BCUT2D eigenvalue weighted by Gasteiger charge is 2.24. The predicted molar refractivity (Wildman–Crippen MR) is 53.6 cm³/mol. The van der Waals surface area contributed by atoms with E-state index in [0.29, 0.717) is 6.42 Å². The molecule has 0 aromatic carbocycles. The molecule has 0 radical (unpaired) electrons. The zero-order valence-electron chi connectivity index (χ0n) is 8.65. The van der Waals surface area contributed by atoms with Gasteiger partial charge in [0.15, 0.2) is 0 Å². The molecule has 1 unspecified atom stereocenters. The van der Waals surface area contributed by atoms with Gasteiger partial charge in [-0.3, -0.25) is 4.79 Å². The lowest BCUT2D eigenvalue weighted by molar-refractivity contribution is -0.122. The van der Waals surface area contributed by atoms with Crippen LogP contribution < -0.4 is 14.8 Å². The molecular formula is C7H13N3O5S. The first kappa shape index (κ1) is 12.7. The molecule has 16 heavy (non-hydrogen) atoms. The van der Waals surface area contributed by atoms with Crippen molar-refractivity contribution in [2.45, 2.75) is 18.9 Å². The number of methoxy groups -OCH3 is 1. The normalized spacial score (nSPS) is 21.1. The Bertz CT molecular complexity index is 369. The van der Waals surface area contributed by atoms with E-state index in [1.54, 1.807) is 4.72 Å². The molecular weight excluding hydrogens is 238 g/mol. The fourth-order valence-electron chi connectivity index (χ4n) is 1.23. The summed E-state index contributed by atoms with van der Waals surface area (Å²) in [5, 5.41) is 2.51. The van der Waals surface area contributed by atoms with E-state index in [4.69, 9.17) is 0 Å². The average Bonchev–Trinajstić information content (AvgIpc) is 2.20. The van der Waals surface area contributed by atoms with Gasteiger partial charge >= 0.3 is 16.3 Å². The van der Waals surface area contributed by atoms with Crippen LogP contribution in [0.15, 0.2) is 0 Å². The molecule has 0 aromatic heterocycles. The van der Waals surface area contributed by atoms with E-state index in [2.05, 4.69) is 14.8 Å². The average molecular weight is 251 g/mol.